The molecule has 0 bridgehead atoms. The number of hydrogen-bond acceptors (Lipinski definition) is 5. The van der Waals surface area contributed by atoms with Gasteiger partial charge in [0.2, 0.25) is 5.91 Å². The summed E-state index contributed by atoms with van der Waals surface area (Å²) in [5.41, 5.74) is 0.765. The van der Waals surface area contributed by atoms with Crippen LogP contribution in [-0.4, -0.2) is 15.6 Å². The Hall–Kier alpha value is -2.74. The van der Waals surface area contributed by atoms with Crippen LogP contribution in [0, 0.1) is 5.82 Å². The lowest BCUT2D eigenvalue weighted by Crippen LogP contribution is -2.33. The molecule has 0 saturated heterocycles. The molecule has 0 aliphatic rings. The molecule has 8 heteroatoms. The van der Waals surface area contributed by atoms with Crippen LogP contribution in [-0.2, 0) is 11.3 Å². The minimum atomic E-state index is -0.692. The lowest BCUT2D eigenvalue weighted by molar-refractivity contribution is -0.122. The number of carbonyl (C=O) groups is 1. The molecule has 0 fully saturated rings. The molecule has 1 aromatic carbocycles. The van der Waals surface area contributed by atoms with Gasteiger partial charge in [0.05, 0.1) is 10.9 Å². The van der Waals surface area contributed by atoms with E-state index < -0.39 is 5.76 Å². The van der Waals surface area contributed by atoms with E-state index in [1.54, 1.807) is 25.1 Å². The summed E-state index contributed by atoms with van der Waals surface area (Å²) in [4.78, 5) is 24.7. The summed E-state index contributed by atoms with van der Waals surface area (Å²) in [5, 5.41) is 8.33. The molecule has 1 unspecified atom stereocenters. The predicted molar refractivity (Wildman–Crippen MR) is 87.0 cm³/mol. The van der Waals surface area contributed by atoms with Gasteiger partial charge < -0.3 is 5.32 Å². The maximum atomic E-state index is 12.9. The molecule has 0 aliphatic heterocycles. The first-order valence-corrected chi connectivity index (χ1v) is 8.08. The summed E-state index contributed by atoms with van der Waals surface area (Å²) < 4.78 is 18.8. The number of benzene rings is 1. The molecule has 0 aliphatic carbocycles. The third-order valence-corrected chi connectivity index (χ3v) is 4.34. The van der Waals surface area contributed by atoms with Crippen LogP contribution in [0.3, 0.4) is 0 Å². The number of amides is 1. The van der Waals surface area contributed by atoms with E-state index >= 15 is 0 Å². The summed E-state index contributed by atoms with van der Waals surface area (Å²) in [6.07, 6.45) is 0. The van der Waals surface area contributed by atoms with Gasteiger partial charge in [-0.2, -0.15) is 0 Å². The Morgan fingerprint density at radius 3 is 2.79 bits per heavy atom. The van der Waals surface area contributed by atoms with Gasteiger partial charge in [-0.05, 0) is 36.1 Å². The zero-order valence-corrected chi connectivity index (χ0v) is 13.5. The zero-order valence-electron chi connectivity index (χ0n) is 12.7. The SMILES string of the molecule is CC(NC(=O)Cn1c(-c2cccs2)noc1=O)c1ccc(F)cc1. The van der Waals surface area contributed by atoms with Crippen molar-refractivity contribution in [3.05, 3.63) is 63.7 Å². The van der Waals surface area contributed by atoms with Gasteiger partial charge >= 0.3 is 5.76 Å². The maximum Gasteiger partial charge on any atom is 0.442 e. The van der Waals surface area contributed by atoms with Crippen molar-refractivity contribution in [2.24, 2.45) is 0 Å². The lowest BCUT2D eigenvalue weighted by Gasteiger charge is -2.14. The van der Waals surface area contributed by atoms with Gasteiger partial charge in [-0.3, -0.25) is 9.32 Å². The van der Waals surface area contributed by atoms with Crippen LogP contribution in [0.1, 0.15) is 18.5 Å². The molecule has 2 aromatic heterocycles. The van der Waals surface area contributed by atoms with Gasteiger partial charge in [-0.15, -0.1) is 11.3 Å². The molecule has 3 aromatic rings. The van der Waals surface area contributed by atoms with E-state index in [2.05, 4.69) is 15.0 Å². The van der Waals surface area contributed by atoms with Crippen LogP contribution in [0.2, 0.25) is 0 Å². The van der Waals surface area contributed by atoms with Crippen molar-refractivity contribution in [2.75, 3.05) is 0 Å². The van der Waals surface area contributed by atoms with Gasteiger partial charge in [0.1, 0.15) is 12.4 Å². The third kappa shape index (κ3) is 3.43. The summed E-state index contributed by atoms with van der Waals surface area (Å²) in [6, 6.07) is 9.15. The standard InChI is InChI=1S/C16H14FN3O3S/c1-10(11-4-6-12(17)7-5-11)18-14(21)9-20-15(19-23-16(20)22)13-3-2-8-24-13/h2-8,10H,9H2,1H3,(H,18,21). The highest BCUT2D eigenvalue weighted by Crippen LogP contribution is 2.21. The van der Waals surface area contributed by atoms with Crippen molar-refractivity contribution in [1.29, 1.82) is 0 Å². The van der Waals surface area contributed by atoms with Crippen LogP contribution >= 0.6 is 11.3 Å². The Kier molecular flexibility index (Phi) is 4.57. The predicted octanol–water partition coefficient (Wildman–Crippen LogP) is 2.58. The van der Waals surface area contributed by atoms with E-state index in [9.17, 15) is 14.0 Å². The first-order chi connectivity index (χ1) is 11.5. The monoisotopic (exact) mass is 347 g/mol. The second kappa shape index (κ2) is 6.79. The quantitative estimate of drug-likeness (QED) is 0.769. The number of nitrogens with zero attached hydrogens (tertiary/aromatic N) is 2. The fourth-order valence-corrected chi connectivity index (χ4v) is 2.97. The van der Waals surface area contributed by atoms with E-state index in [0.29, 0.717) is 5.82 Å². The van der Waals surface area contributed by atoms with Crippen molar-refractivity contribution in [3.63, 3.8) is 0 Å². The molecule has 0 radical (unpaired) electrons. The van der Waals surface area contributed by atoms with Crippen LogP contribution in [0.25, 0.3) is 10.7 Å². The van der Waals surface area contributed by atoms with E-state index in [-0.39, 0.29) is 24.3 Å². The molecule has 0 saturated carbocycles. The van der Waals surface area contributed by atoms with E-state index in [0.717, 1.165) is 10.4 Å². The number of carbonyl (C=O) groups excluding carboxylic acids is 1. The van der Waals surface area contributed by atoms with Crippen molar-refractivity contribution in [1.82, 2.24) is 15.0 Å². The molecular weight excluding hydrogens is 333 g/mol. The molecule has 24 heavy (non-hydrogen) atoms. The first-order valence-electron chi connectivity index (χ1n) is 7.20. The van der Waals surface area contributed by atoms with E-state index in [1.807, 2.05) is 11.4 Å². The molecule has 1 atom stereocenters. The number of rotatable bonds is 5. The number of hydrogen-bond donors (Lipinski definition) is 1. The number of aromatic nitrogens is 2. The Labute approximate surface area is 140 Å². The maximum absolute atomic E-state index is 12.9. The van der Waals surface area contributed by atoms with Crippen LogP contribution in [0.5, 0.6) is 0 Å². The summed E-state index contributed by atoms with van der Waals surface area (Å²) in [7, 11) is 0. The van der Waals surface area contributed by atoms with Gasteiger partial charge in [-0.25, -0.2) is 13.8 Å². The summed E-state index contributed by atoms with van der Waals surface area (Å²) in [6.45, 7) is 1.57. The lowest BCUT2D eigenvalue weighted by atomic mass is 10.1. The van der Waals surface area contributed by atoms with E-state index in [4.69, 9.17) is 0 Å². The fourth-order valence-electron chi connectivity index (χ4n) is 2.26. The van der Waals surface area contributed by atoms with Crippen molar-refractivity contribution < 1.29 is 13.7 Å². The highest BCUT2D eigenvalue weighted by molar-refractivity contribution is 7.13. The molecule has 1 N–H and O–H groups in total. The molecule has 3 rings (SSSR count). The zero-order chi connectivity index (χ0) is 17.1. The summed E-state index contributed by atoms with van der Waals surface area (Å²) in [5.74, 6) is -1.08. The van der Waals surface area contributed by atoms with Crippen LogP contribution in [0.15, 0.2) is 51.1 Å². The Balaban J connectivity index is 1.73. The highest BCUT2D eigenvalue weighted by atomic mass is 32.1. The van der Waals surface area contributed by atoms with Crippen molar-refractivity contribution >= 4 is 17.2 Å². The number of thiophene rings is 1. The van der Waals surface area contributed by atoms with Gasteiger partial charge in [0.25, 0.3) is 0 Å². The minimum absolute atomic E-state index is 0.207. The van der Waals surface area contributed by atoms with Gasteiger partial charge in [0.15, 0.2) is 5.82 Å². The Morgan fingerprint density at radius 2 is 2.12 bits per heavy atom. The molecular formula is C16H14FN3O3S. The normalized spacial score (nSPS) is 12.1. The average Bonchev–Trinajstić information content (AvgIpc) is 3.19. The largest absolute Gasteiger partial charge is 0.442 e. The Bertz CT molecular complexity index is 884. The number of halogens is 1. The smallest absolute Gasteiger partial charge is 0.348 e. The van der Waals surface area contributed by atoms with Gasteiger partial charge in [-0.1, -0.05) is 23.4 Å². The topological polar surface area (TPSA) is 77.1 Å². The second-order valence-electron chi connectivity index (χ2n) is 5.18. The minimum Gasteiger partial charge on any atom is -0.348 e. The Morgan fingerprint density at radius 1 is 1.38 bits per heavy atom. The van der Waals surface area contributed by atoms with Gasteiger partial charge in [0, 0.05) is 0 Å². The number of nitrogens with one attached hydrogen (secondary N) is 1. The summed E-state index contributed by atoms with van der Waals surface area (Å²) >= 11 is 1.39. The molecule has 1 amide bonds. The van der Waals surface area contributed by atoms with E-state index in [1.165, 1.54) is 28.0 Å². The first kappa shape index (κ1) is 16.1. The molecule has 6 nitrogen and oxygen atoms in total. The molecule has 2 heterocycles. The third-order valence-electron chi connectivity index (χ3n) is 3.48. The highest BCUT2D eigenvalue weighted by Gasteiger charge is 2.18. The average molecular weight is 347 g/mol. The van der Waals surface area contributed by atoms with Crippen molar-refractivity contribution in [2.45, 2.75) is 19.5 Å². The fraction of sp³-hybridized carbons (Fsp3) is 0.188. The van der Waals surface area contributed by atoms with Crippen LogP contribution < -0.4 is 11.1 Å². The molecule has 0 spiro atoms. The van der Waals surface area contributed by atoms with Crippen LogP contribution in [0.4, 0.5) is 4.39 Å². The molecule has 124 valence electrons. The second-order valence-corrected chi connectivity index (χ2v) is 6.12. The van der Waals surface area contributed by atoms with Crippen molar-refractivity contribution in [3.8, 4) is 10.7 Å².